The highest BCUT2D eigenvalue weighted by molar-refractivity contribution is 5.91. The summed E-state index contributed by atoms with van der Waals surface area (Å²) in [6, 6.07) is 3.17. The third-order valence-corrected chi connectivity index (χ3v) is 3.16. The molecule has 0 aromatic carbocycles. The lowest BCUT2D eigenvalue weighted by molar-refractivity contribution is 0.0995. The number of primary amides is 1. The van der Waals surface area contributed by atoms with E-state index in [4.69, 9.17) is 11.5 Å². The normalized spacial score (nSPS) is 11.2. The second-order valence-corrected chi connectivity index (χ2v) is 4.39. The molecule has 17 heavy (non-hydrogen) atoms. The van der Waals surface area contributed by atoms with E-state index in [0.717, 1.165) is 12.8 Å². The maximum absolute atomic E-state index is 11.1. The zero-order valence-corrected chi connectivity index (χ0v) is 10.6. The zero-order chi connectivity index (χ0) is 13.1. The molecule has 0 aliphatic heterocycles. The molecule has 0 bridgehead atoms. The van der Waals surface area contributed by atoms with Crippen LogP contribution in [0.2, 0.25) is 0 Å². The number of hydrogen-bond acceptors (Lipinski definition) is 4. The van der Waals surface area contributed by atoms with Crippen LogP contribution in [0.4, 0.5) is 11.5 Å². The highest BCUT2D eigenvalue weighted by Gasteiger charge is 2.21. The number of pyridine rings is 1. The third-order valence-electron chi connectivity index (χ3n) is 3.16. The van der Waals surface area contributed by atoms with Crippen LogP contribution in [0.1, 0.15) is 44.1 Å². The molecule has 5 N–H and O–H groups in total. The summed E-state index contributed by atoms with van der Waals surface area (Å²) in [5.74, 6) is -0.0322. The first-order chi connectivity index (χ1) is 7.91. The van der Waals surface area contributed by atoms with Crippen LogP contribution in [-0.2, 0) is 0 Å². The minimum absolute atomic E-state index is 0.0859. The van der Waals surface area contributed by atoms with Gasteiger partial charge in [0, 0.05) is 5.54 Å². The van der Waals surface area contributed by atoms with Crippen molar-refractivity contribution in [3.63, 3.8) is 0 Å². The molecule has 1 amide bonds. The van der Waals surface area contributed by atoms with Crippen LogP contribution in [0.5, 0.6) is 0 Å². The molecule has 0 atom stereocenters. The quantitative estimate of drug-likeness (QED) is 0.726. The average molecular weight is 236 g/mol. The van der Waals surface area contributed by atoms with Gasteiger partial charge < -0.3 is 16.8 Å². The molecule has 0 saturated heterocycles. The van der Waals surface area contributed by atoms with Gasteiger partial charge in [0.15, 0.2) is 5.82 Å². The number of hydrogen-bond donors (Lipinski definition) is 3. The Labute approximate surface area is 102 Å². The van der Waals surface area contributed by atoms with Crippen LogP contribution in [-0.4, -0.2) is 16.4 Å². The van der Waals surface area contributed by atoms with Crippen LogP contribution in [0, 0.1) is 0 Å². The van der Waals surface area contributed by atoms with Gasteiger partial charge in [0.2, 0.25) is 0 Å². The molecule has 0 aliphatic rings. The number of carbonyl (C=O) groups is 1. The number of nitrogens with zero attached hydrogens (tertiary/aromatic N) is 1. The predicted octanol–water partition coefficient (Wildman–Crippen LogP) is 1.75. The monoisotopic (exact) mass is 236 g/mol. The van der Waals surface area contributed by atoms with E-state index in [-0.39, 0.29) is 11.2 Å². The van der Waals surface area contributed by atoms with E-state index in [1.807, 2.05) is 0 Å². The summed E-state index contributed by atoms with van der Waals surface area (Å²) < 4.78 is 0. The maximum Gasteiger partial charge on any atom is 0.267 e. The van der Waals surface area contributed by atoms with Crippen molar-refractivity contribution in [2.24, 2.45) is 5.73 Å². The van der Waals surface area contributed by atoms with Gasteiger partial charge in [-0.3, -0.25) is 4.79 Å². The summed E-state index contributed by atoms with van der Waals surface area (Å²) in [6.45, 7) is 6.26. The lowest BCUT2D eigenvalue weighted by Crippen LogP contribution is -2.34. The van der Waals surface area contributed by atoms with E-state index in [1.54, 1.807) is 6.07 Å². The molecule has 0 aliphatic carbocycles. The molecule has 0 fully saturated rings. The van der Waals surface area contributed by atoms with Crippen molar-refractivity contribution in [3.05, 3.63) is 17.8 Å². The minimum atomic E-state index is -0.553. The number of nitrogens with one attached hydrogen (secondary N) is 1. The number of anilines is 2. The van der Waals surface area contributed by atoms with Gasteiger partial charge >= 0.3 is 0 Å². The summed E-state index contributed by atoms with van der Waals surface area (Å²) in [4.78, 5) is 15.2. The predicted molar refractivity (Wildman–Crippen MR) is 69.8 cm³/mol. The number of carbonyl (C=O) groups excluding carboxylic acids is 1. The lowest BCUT2D eigenvalue weighted by Gasteiger charge is -2.29. The Kier molecular flexibility index (Phi) is 3.93. The first-order valence-corrected chi connectivity index (χ1v) is 5.76. The Morgan fingerprint density at radius 1 is 1.41 bits per heavy atom. The third kappa shape index (κ3) is 3.09. The highest BCUT2D eigenvalue weighted by atomic mass is 16.1. The van der Waals surface area contributed by atoms with E-state index in [0.29, 0.717) is 11.5 Å². The SMILES string of the molecule is CCC(C)(CC)Nc1nc(C(N)=O)ccc1N. The van der Waals surface area contributed by atoms with Crippen LogP contribution in [0.25, 0.3) is 0 Å². The summed E-state index contributed by atoms with van der Waals surface area (Å²) in [7, 11) is 0. The fourth-order valence-corrected chi connectivity index (χ4v) is 1.42. The largest absolute Gasteiger partial charge is 0.396 e. The van der Waals surface area contributed by atoms with Gasteiger partial charge in [0.1, 0.15) is 5.69 Å². The molecule has 5 heteroatoms. The number of aromatic nitrogens is 1. The molecule has 94 valence electrons. The maximum atomic E-state index is 11.1. The van der Waals surface area contributed by atoms with Gasteiger partial charge in [0.25, 0.3) is 5.91 Å². The highest BCUT2D eigenvalue weighted by Crippen LogP contribution is 2.24. The number of rotatable bonds is 5. The van der Waals surface area contributed by atoms with Crippen molar-refractivity contribution in [1.82, 2.24) is 4.98 Å². The second-order valence-electron chi connectivity index (χ2n) is 4.39. The molecule has 1 aromatic rings. The minimum Gasteiger partial charge on any atom is -0.396 e. The molecular weight excluding hydrogens is 216 g/mol. The summed E-state index contributed by atoms with van der Waals surface area (Å²) in [5.41, 5.74) is 11.7. The van der Waals surface area contributed by atoms with E-state index >= 15 is 0 Å². The van der Waals surface area contributed by atoms with Crippen molar-refractivity contribution >= 4 is 17.4 Å². The smallest absolute Gasteiger partial charge is 0.267 e. The molecule has 1 heterocycles. The molecule has 5 nitrogen and oxygen atoms in total. The summed E-state index contributed by atoms with van der Waals surface area (Å²) in [5, 5.41) is 3.27. The molecule has 0 spiro atoms. The summed E-state index contributed by atoms with van der Waals surface area (Å²) >= 11 is 0. The van der Waals surface area contributed by atoms with Crippen LogP contribution < -0.4 is 16.8 Å². The van der Waals surface area contributed by atoms with Gasteiger partial charge in [-0.1, -0.05) is 13.8 Å². The van der Waals surface area contributed by atoms with Gasteiger partial charge in [-0.2, -0.15) is 0 Å². The second kappa shape index (κ2) is 5.03. The first kappa shape index (κ1) is 13.3. The number of amides is 1. The topological polar surface area (TPSA) is 94.0 Å². The average Bonchev–Trinajstić information content (AvgIpc) is 2.31. The fraction of sp³-hybridized carbons (Fsp3) is 0.500. The van der Waals surface area contributed by atoms with Crippen molar-refractivity contribution in [2.45, 2.75) is 39.2 Å². The van der Waals surface area contributed by atoms with E-state index in [9.17, 15) is 4.79 Å². The van der Waals surface area contributed by atoms with E-state index < -0.39 is 5.91 Å². The molecule has 0 saturated carbocycles. The molecule has 0 radical (unpaired) electrons. The lowest BCUT2D eigenvalue weighted by atomic mass is 9.95. The fourth-order valence-electron chi connectivity index (χ4n) is 1.42. The Morgan fingerprint density at radius 3 is 2.47 bits per heavy atom. The standard InChI is InChI=1S/C12H20N4O/c1-4-12(3,5-2)16-11-8(13)6-7-9(15-11)10(14)17/h6-7H,4-5,13H2,1-3H3,(H2,14,17)(H,15,16). The molecule has 1 rings (SSSR count). The summed E-state index contributed by atoms with van der Waals surface area (Å²) in [6.07, 6.45) is 1.87. The Balaban J connectivity index is 3.05. The van der Waals surface area contributed by atoms with E-state index in [1.165, 1.54) is 6.07 Å². The van der Waals surface area contributed by atoms with Crippen LogP contribution in [0.15, 0.2) is 12.1 Å². The van der Waals surface area contributed by atoms with Crippen LogP contribution in [0.3, 0.4) is 0 Å². The van der Waals surface area contributed by atoms with Gasteiger partial charge in [-0.05, 0) is 31.9 Å². The molecule has 0 unspecified atom stereocenters. The van der Waals surface area contributed by atoms with Crippen molar-refractivity contribution < 1.29 is 4.79 Å². The Bertz CT molecular complexity index is 413. The Hall–Kier alpha value is -1.78. The van der Waals surface area contributed by atoms with Crippen molar-refractivity contribution in [2.75, 3.05) is 11.1 Å². The zero-order valence-electron chi connectivity index (χ0n) is 10.6. The number of nitrogen functional groups attached to an aromatic ring is 1. The van der Waals surface area contributed by atoms with E-state index in [2.05, 4.69) is 31.1 Å². The van der Waals surface area contributed by atoms with Gasteiger partial charge in [0.05, 0.1) is 5.69 Å². The van der Waals surface area contributed by atoms with Crippen LogP contribution >= 0.6 is 0 Å². The van der Waals surface area contributed by atoms with Crippen molar-refractivity contribution in [1.29, 1.82) is 0 Å². The molecule has 1 aromatic heterocycles. The van der Waals surface area contributed by atoms with Crippen molar-refractivity contribution in [3.8, 4) is 0 Å². The first-order valence-electron chi connectivity index (χ1n) is 5.76. The molecular formula is C12H20N4O. The number of nitrogens with two attached hydrogens (primary N) is 2. The van der Waals surface area contributed by atoms with Gasteiger partial charge in [-0.15, -0.1) is 0 Å². The van der Waals surface area contributed by atoms with Gasteiger partial charge in [-0.25, -0.2) is 4.98 Å². The Morgan fingerprint density at radius 2 is 2.00 bits per heavy atom.